The zero-order chi connectivity index (χ0) is 21.8. The molecule has 6 nitrogen and oxygen atoms in total. The third-order valence-electron chi connectivity index (χ3n) is 6.25. The van der Waals surface area contributed by atoms with Gasteiger partial charge in [-0.15, -0.1) is 0 Å². The van der Waals surface area contributed by atoms with Crippen molar-refractivity contribution in [3.05, 3.63) is 58.9 Å². The van der Waals surface area contributed by atoms with Crippen LogP contribution in [0.15, 0.2) is 36.4 Å². The topological polar surface area (TPSA) is 45.3 Å². The summed E-state index contributed by atoms with van der Waals surface area (Å²) in [6, 6.07) is 10.9. The summed E-state index contributed by atoms with van der Waals surface area (Å²) in [7, 11) is 3.26. The molecule has 31 heavy (non-hydrogen) atoms. The van der Waals surface area contributed by atoms with Crippen LogP contribution in [0.25, 0.3) is 0 Å². The van der Waals surface area contributed by atoms with Gasteiger partial charge in [0.1, 0.15) is 5.82 Å². The number of carbonyl (C=O) groups is 1. The SMILES string of the molecule is COc1cc2c(cc1OC)CN(C(=O)CN1CCN(Cc3ccccc3F)CC1)CC2. The average molecular weight is 428 g/mol. The summed E-state index contributed by atoms with van der Waals surface area (Å²) in [5.74, 6) is 1.43. The molecule has 2 aliphatic rings. The molecule has 1 fully saturated rings. The largest absolute Gasteiger partial charge is 0.493 e. The fourth-order valence-electron chi connectivity index (χ4n) is 4.36. The van der Waals surface area contributed by atoms with Gasteiger partial charge in [-0.05, 0) is 35.7 Å². The Kier molecular flexibility index (Phi) is 6.73. The summed E-state index contributed by atoms with van der Waals surface area (Å²) < 4.78 is 24.7. The monoisotopic (exact) mass is 427 g/mol. The number of hydrogen-bond acceptors (Lipinski definition) is 5. The van der Waals surface area contributed by atoms with Gasteiger partial charge in [-0.3, -0.25) is 14.6 Å². The lowest BCUT2D eigenvalue weighted by Crippen LogP contribution is -2.50. The molecule has 7 heteroatoms. The Labute approximate surface area is 183 Å². The summed E-state index contributed by atoms with van der Waals surface area (Å²) in [5.41, 5.74) is 3.06. The van der Waals surface area contributed by atoms with Crippen LogP contribution >= 0.6 is 0 Å². The van der Waals surface area contributed by atoms with Crippen LogP contribution in [0, 0.1) is 5.82 Å². The van der Waals surface area contributed by atoms with Crippen LogP contribution in [0.2, 0.25) is 0 Å². The standard InChI is InChI=1S/C24H30FN3O3/c1-30-22-13-18-7-8-28(16-20(18)14-23(22)31-2)24(29)17-27-11-9-26(10-12-27)15-19-5-3-4-6-21(19)25/h3-6,13-14H,7-12,15-17H2,1-2H3. The van der Waals surface area contributed by atoms with Crippen molar-refractivity contribution in [2.75, 3.05) is 53.5 Å². The van der Waals surface area contributed by atoms with Crippen LogP contribution in [-0.2, 0) is 24.3 Å². The van der Waals surface area contributed by atoms with E-state index in [0.29, 0.717) is 31.9 Å². The molecule has 0 unspecified atom stereocenters. The third-order valence-corrected chi connectivity index (χ3v) is 6.25. The maximum atomic E-state index is 13.9. The molecule has 0 saturated carbocycles. The third kappa shape index (κ3) is 4.99. The van der Waals surface area contributed by atoms with Crippen molar-refractivity contribution in [2.24, 2.45) is 0 Å². The maximum Gasteiger partial charge on any atom is 0.237 e. The minimum atomic E-state index is -0.153. The second kappa shape index (κ2) is 9.66. The summed E-state index contributed by atoms with van der Waals surface area (Å²) in [4.78, 5) is 19.3. The van der Waals surface area contributed by atoms with E-state index in [9.17, 15) is 9.18 Å². The number of amides is 1. The first-order valence-corrected chi connectivity index (χ1v) is 10.8. The van der Waals surface area contributed by atoms with Crippen molar-refractivity contribution in [1.29, 1.82) is 0 Å². The number of nitrogens with zero attached hydrogens (tertiary/aromatic N) is 3. The number of methoxy groups -OCH3 is 2. The number of ether oxygens (including phenoxy) is 2. The van der Waals surface area contributed by atoms with E-state index < -0.39 is 0 Å². The van der Waals surface area contributed by atoms with Gasteiger partial charge in [-0.1, -0.05) is 18.2 Å². The van der Waals surface area contributed by atoms with Gasteiger partial charge in [-0.25, -0.2) is 4.39 Å². The molecule has 1 amide bonds. The Morgan fingerprint density at radius 2 is 1.58 bits per heavy atom. The Balaban J connectivity index is 1.29. The minimum Gasteiger partial charge on any atom is -0.493 e. The number of hydrogen-bond donors (Lipinski definition) is 0. The molecule has 0 spiro atoms. The number of benzene rings is 2. The molecule has 0 radical (unpaired) electrons. The van der Waals surface area contributed by atoms with Crippen LogP contribution in [0.1, 0.15) is 16.7 Å². The Hall–Kier alpha value is -2.64. The normalized spacial score (nSPS) is 17.3. The van der Waals surface area contributed by atoms with Crippen molar-refractivity contribution < 1.29 is 18.7 Å². The highest BCUT2D eigenvalue weighted by Gasteiger charge is 2.26. The highest BCUT2D eigenvalue weighted by Crippen LogP contribution is 2.33. The molecule has 2 heterocycles. The summed E-state index contributed by atoms with van der Waals surface area (Å²) in [6.45, 7) is 5.66. The number of carbonyl (C=O) groups excluding carboxylic acids is 1. The van der Waals surface area contributed by atoms with E-state index in [0.717, 1.165) is 49.5 Å². The lowest BCUT2D eigenvalue weighted by Gasteiger charge is -2.36. The molecule has 2 aromatic carbocycles. The zero-order valence-corrected chi connectivity index (χ0v) is 18.3. The van der Waals surface area contributed by atoms with E-state index in [1.807, 2.05) is 29.2 Å². The minimum absolute atomic E-state index is 0.153. The number of halogens is 1. The predicted octanol–water partition coefficient (Wildman–Crippen LogP) is 2.55. The van der Waals surface area contributed by atoms with E-state index in [2.05, 4.69) is 9.80 Å². The Morgan fingerprint density at radius 1 is 0.935 bits per heavy atom. The Bertz CT molecular complexity index is 928. The first-order valence-electron chi connectivity index (χ1n) is 10.8. The summed E-state index contributed by atoms with van der Waals surface area (Å²) >= 11 is 0. The molecular formula is C24H30FN3O3. The van der Waals surface area contributed by atoms with Crippen LogP contribution < -0.4 is 9.47 Å². The molecule has 1 saturated heterocycles. The molecule has 0 aliphatic carbocycles. The second-order valence-corrected chi connectivity index (χ2v) is 8.18. The van der Waals surface area contributed by atoms with Gasteiger partial charge in [0.05, 0.1) is 20.8 Å². The molecule has 0 atom stereocenters. The molecular weight excluding hydrogens is 397 g/mol. The lowest BCUT2D eigenvalue weighted by molar-refractivity contribution is -0.133. The molecule has 0 aromatic heterocycles. The van der Waals surface area contributed by atoms with Gasteiger partial charge in [0.2, 0.25) is 5.91 Å². The number of rotatable bonds is 6. The van der Waals surface area contributed by atoms with E-state index in [1.165, 1.54) is 11.6 Å². The molecule has 4 rings (SSSR count). The zero-order valence-electron chi connectivity index (χ0n) is 18.3. The predicted molar refractivity (Wildman–Crippen MR) is 117 cm³/mol. The van der Waals surface area contributed by atoms with Crippen LogP contribution in [-0.4, -0.2) is 74.1 Å². The number of piperazine rings is 1. The van der Waals surface area contributed by atoms with Crippen molar-refractivity contribution in [3.63, 3.8) is 0 Å². The lowest BCUT2D eigenvalue weighted by atomic mass is 9.98. The first kappa shape index (κ1) is 21.6. The van der Waals surface area contributed by atoms with Crippen LogP contribution in [0.5, 0.6) is 11.5 Å². The Morgan fingerprint density at radius 3 is 2.26 bits per heavy atom. The van der Waals surface area contributed by atoms with Gasteiger partial charge in [-0.2, -0.15) is 0 Å². The summed E-state index contributed by atoms with van der Waals surface area (Å²) in [5, 5.41) is 0. The molecule has 166 valence electrons. The highest BCUT2D eigenvalue weighted by atomic mass is 19.1. The smallest absolute Gasteiger partial charge is 0.237 e. The van der Waals surface area contributed by atoms with Crippen LogP contribution in [0.3, 0.4) is 0 Å². The quantitative estimate of drug-likeness (QED) is 0.709. The van der Waals surface area contributed by atoms with Crippen LogP contribution in [0.4, 0.5) is 4.39 Å². The van der Waals surface area contributed by atoms with Crippen molar-refractivity contribution in [3.8, 4) is 11.5 Å². The van der Waals surface area contributed by atoms with E-state index >= 15 is 0 Å². The van der Waals surface area contributed by atoms with E-state index in [-0.39, 0.29) is 11.7 Å². The van der Waals surface area contributed by atoms with E-state index in [4.69, 9.17) is 9.47 Å². The fourth-order valence-corrected chi connectivity index (χ4v) is 4.36. The van der Waals surface area contributed by atoms with Gasteiger partial charge < -0.3 is 14.4 Å². The van der Waals surface area contributed by atoms with Gasteiger partial charge >= 0.3 is 0 Å². The fraction of sp³-hybridized carbons (Fsp3) is 0.458. The van der Waals surface area contributed by atoms with Crippen molar-refractivity contribution in [2.45, 2.75) is 19.5 Å². The molecule has 2 aromatic rings. The second-order valence-electron chi connectivity index (χ2n) is 8.18. The molecule has 2 aliphatic heterocycles. The maximum absolute atomic E-state index is 13.9. The van der Waals surface area contributed by atoms with Gasteiger partial charge in [0.15, 0.2) is 11.5 Å². The highest BCUT2D eigenvalue weighted by molar-refractivity contribution is 5.78. The van der Waals surface area contributed by atoms with Gasteiger partial charge in [0.25, 0.3) is 0 Å². The average Bonchev–Trinajstić information content (AvgIpc) is 2.80. The van der Waals surface area contributed by atoms with Gasteiger partial charge in [0, 0.05) is 51.4 Å². The molecule has 0 bridgehead atoms. The van der Waals surface area contributed by atoms with Crippen molar-refractivity contribution in [1.82, 2.24) is 14.7 Å². The number of fused-ring (bicyclic) bond motifs is 1. The van der Waals surface area contributed by atoms with E-state index in [1.54, 1.807) is 20.3 Å². The van der Waals surface area contributed by atoms with Crippen molar-refractivity contribution >= 4 is 5.91 Å². The first-order chi connectivity index (χ1) is 15.1. The summed E-state index contributed by atoms with van der Waals surface area (Å²) in [6.07, 6.45) is 0.817. The molecule has 0 N–H and O–H groups in total.